The third-order valence-corrected chi connectivity index (χ3v) is 4.42. The van der Waals surface area contributed by atoms with Crippen molar-refractivity contribution in [2.24, 2.45) is 0 Å². The predicted molar refractivity (Wildman–Crippen MR) is 104 cm³/mol. The van der Waals surface area contributed by atoms with E-state index >= 15 is 0 Å². The Bertz CT molecular complexity index is 749. The summed E-state index contributed by atoms with van der Waals surface area (Å²) in [7, 11) is 0. The number of hydrogen-bond donors (Lipinski definition) is 1. The van der Waals surface area contributed by atoms with Crippen LogP contribution < -0.4 is 10.1 Å². The minimum absolute atomic E-state index is 0.212. The first-order chi connectivity index (χ1) is 12.7. The molecule has 3 rings (SSSR count). The van der Waals surface area contributed by atoms with Crippen LogP contribution in [0.3, 0.4) is 0 Å². The van der Waals surface area contributed by atoms with Crippen molar-refractivity contribution >= 4 is 0 Å². The molecule has 2 aromatic carbocycles. The molecule has 0 spiro atoms. The first-order valence-electron chi connectivity index (χ1n) is 9.38. The Morgan fingerprint density at radius 3 is 2.35 bits per heavy atom. The van der Waals surface area contributed by atoms with Crippen molar-refractivity contribution in [3.8, 4) is 5.75 Å². The fourth-order valence-electron chi connectivity index (χ4n) is 3.18. The summed E-state index contributed by atoms with van der Waals surface area (Å²) >= 11 is 0. The molecule has 0 aliphatic rings. The van der Waals surface area contributed by atoms with Crippen LogP contribution in [0.5, 0.6) is 5.75 Å². The third-order valence-electron chi connectivity index (χ3n) is 4.42. The van der Waals surface area contributed by atoms with Crippen molar-refractivity contribution in [3.05, 3.63) is 89.9 Å². The molecule has 3 aromatic rings. The van der Waals surface area contributed by atoms with E-state index in [9.17, 15) is 0 Å². The second-order valence-corrected chi connectivity index (χ2v) is 6.86. The fourth-order valence-corrected chi connectivity index (χ4v) is 3.18. The van der Waals surface area contributed by atoms with E-state index in [1.54, 1.807) is 6.26 Å². The van der Waals surface area contributed by atoms with Gasteiger partial charge in [0.1, 0.15) is 18.1 Å². The van der Waals surface area contributed by atoms with Gasteiger partial charge in [0.2, 0.25) is 0 Å². The molecule has 0 saturated heterocycles. The van der Waals surface area contributed by atoms with Crippen LogP contribution in [-0.4, -0.2) is 12.6 Å². The molecule has 1 heterocycles. The van der Waals surface area contributed by atoms with Gasteiger partial charge in [-0.1, -0.05) is 30.3 Å². The Kier molecular flexibility index (Phi) is 6.50. The molecule has 0 radical (unpaired) electrons. The summed E-state index contributed by atoms with van der Waals surface area (Å²) in [5, 5.41) is 2.36. The molecule has 1 atom stereocenters. The standard InChI is InChI=1S/C23H27NO2/c1-18(2)26-21-12-10-19(11-13-21)17-24-15-14-22(23-9-6-16-25-23)20-7-4-3-5-8-20/h3-13,16,18,22,24H,14-15,17H2,1-2H3/p+1/t22-/m1/s1. The van der Waals surface area contributed by atoms with Gasteiger partial charge in [-0.2, -0.15) is 0 Å². The van der Waals surface area contributed by atoms with Gasteiger partial charge in [0.05, 0.1) is 18.9 Å². The molecule has 0 unspecified atom stereocenters. The zero-order valence-electron chi connectivity index (χ0n) is 15.6. The van der Waals surface area contributed by atoms with Gasteiger partial charge >= 0.3 is 0 Å². The summed E-state index contributed by atoms with van der Waals surface area (Å²) in [5.74, 6) is 2.29. The smallest absolute Gasteiger partial charge is 0.119 e. The number of benzene rings is 2. The van der Waals surface area contributed by atoms with Gasteiger partial charge in [-0.15, -0.1) is 0 Å². The first-order valence-corrected chi connectivity index (χ1v) is 9.38. The largest absolute Gasteiger partial charge is 0.491 e. The van der Waals surface area contributed by atoms with Gasteiger partial charge in [0.25, 0.3) is 0 Å². The number of quaternary nitrogens is 1. The van der Waals surface area contributed by atoms with Crippen molar-refractivity contribution in [2.45, 2.75) is 38.8 Å². The second-order valence-electron chi connectivity index (χ2n) is 6.86. The lowest BCUT2D eigenvalue weighted by Crippen LogP contribution is -2.82. The molecule has 0 bridgehead atoms. The van der Waals surface area contributed by atoms with E-state index in [4.69, 9.17) is 9.15 Å². The fraction of sp³-hybridized carbons (Fsp3) is 0.304. The number of hydrogen-bond acceptors (Lipinski definition) is 2. The highest BCUT2D eigenvalue weighted by Gasteiger charge is 2.17. The molecule has 0 aliphatic heterocycles. The Balaban J connectivity index is 1.52. The number of ether oxygens (including phenoxy) is 1. The lowest BCUT2D eigenvalue weighted by molar-refractivity contribution is -0.671. The maximum Gasteiger partial charge on any atom is 0.119 e. The van der Waals surface area contributed by atoms with E-state index in [-0.39, 0.29) is 6.10 Å². The summed E-state index contributed by atoms with van der Waals surface area (Å²) in [6.07, 6.45) is 3.02. The molecule has 3 heteroatoms. The first kappa shape index (κ1) is 18.3. The van der Waals surface area contributed by atoms with E-state index in [2.05, 4.69) is 66.0 Å². The Hall–Kier alpha value is -2.52. The lowest BCUT2D eigenvalue weighted by Gasteiger charge is -2.14. The number of nitrogens with two attached hydrogens (primary N) is 1. The van der Waals surface area contributed by atoms with Crippen molar-refractivity contribution in [2.75, 3.05) is 6.54 Å². The minimum atomic E-state index is 0.212. The average Bonchev–Trinajstić information content (AvgIpc) is 3.18. The Morgan fingerprint density at radius 1 is 0.923 bits per heavy atom. The van der Waals surface area contributed by atoms with Crippen molar-refractivity contribution in [3.63, 3.8) is 0 Å². The van der Waals surface area contributed by atoms with E-state index in [1.807, 2.05) is 19.9 Å². The summed E-state index contributed by atoms with van der Waals surface area (Å²) in [4.78, 5) is 0. The van der Waals surface area contributed by atoms with Crippen LogP contribution in [0.15, 0.2) is 77.4 Å². The normalized spacial score (nSPS) is 12.3. The SMILES string of the molecule is CC(C)Oc1ccc(C[NH2+]CC[C@H](c2ccccc2)c2ccco2)cc1. The summed E-state index contributed by atoms with van der Waals surface area (Å²) in [6.45, 7) is 6.11. The van der Waals surface area contributed by atoms with Crippen LogP contribution in [0, 0.1) is 0 Å². The molecule has 0 saturated carbocycles. The molecule has 0 amide bonds. The van der Waals surface area contributed by atoms with E-state index in [0.29, 0.717) is 5.92 Å². The highest BCUT2D eigenvalue weighted by molar-refractivity contribution is 5.28. The average molecular weight is 350 g/mol. The predicted octanol–water partition coefficient (Wildman–Crippen LogP) is 4.35. The summed E-state index contributed by atoms with van der Waals surface area (Å²) in [5.41, 5.74) is 2.63. The topological polar surface area (TPSA) is 39.0 Å². The zero-order valence-corrected chi connectivity index (χ0v) is 15.6. The zero-order chi connectivity index (χ0) is 18.2. The quantitative estimate of drug-likeness (QED) is 0.583. The Morgan fingerprint density at radius 2 is 1.69 bits per heavy atom. The van der Waals surface area contributed by atoms with E-state index < -0.39 is 0 Å². The second kappa shape index (κ2) is 9.25. The number of furan rings is 1. The van der Waals surface area contributed by atoms with E-state index in [1.165, 1.54) is 11.1 Å². The van der Waals surface area contributed by atoms with Crippen LogP contribution in [0.2, 0.25) is 0 Å². The summed E-state index contributed by atoms with van der Waals surface area (Å²) in [6, 6.07) is 23.1. The van der Waals surface area contributed by atoms with Crippen molar-refractivity contribution in [1.82, 2.24) is 0 Å². The molecule has 136 valence electrons. The Labute approximate surface area is 156 Å². The van der Waals surface area contributed by atoms with Crippen LogP contribution in [-0.2, 0) is 6.54 Å². The molecule has 0 fully saturated rings. The van der Waals surface area contributed by atoms with Crippen LogP contribution in [0.25, 0.3) is 0 Å². The number of rotatable bonds is 9. The maximum absolute atomic E-state index is 5.70. The molecule has 26 heavy (non-hydrogen) atoms. The van der Waals surface area contributed by atoms with Crippen LogP contribution in [0.4, 0.5) is 0 Å². The van der Waals surface area contributed by atoms with Gasteiger partial charge in [-0.05, 0) is 55.8 Å². The molecular formula is C23H28NO2+. The van der Waals surface area contributed by atoms with Gasteiger partial charge in [0.15, 0.2) is 0 Å². The van der Waals surface area contributed by atoms with Crippen molar-refractivity contribution < 1.29 is 14.5 Å². The molecule has 1 aromatic heterocycles. The minimum Gasteiger partial charge on any atom is -0.491 e. The summed E-state index contributed by atoms with van der Waals surface area (Å²) < 4.78 is 11.4. The highest BCUT2D eigenvalue weighted by Crippen LogP contribution is 2.27. The third kappa shape index (κ3) is 5.24. The van der Waals surface area contributed by atoms with Crippen LogP contribution >= 0.6 is 0 Å². The molecule has 2 N–H and O–H groups in total. The van der Waals surface area contributed by atoms with Gasteiger partial charge < -0.3 is 14.5 Å². The monoisotopic (exact) mass is 350 g/mol. The van der Waals surface area contributed by atoms with Gasteiger partial charge in [0, 0.05) is 17.9 Å². The molecular weight excluding hydrogens is 322 g/mol. The van der Waals surface area contributed by atoms with Crippen molar-refractivity contribution in [1.29, 1.82) is 0 Å². The molecule has 0 aliphatic carbocycles. The van der Waals surface area contributed by atoms with Crippen LogP contribution in [0.1, 0.15) is 43.1 Å². The van der Waals surface area contributed by atoms with Gasteiger partial charge in [-0.3, -0.25) is 0 Å². The molecule has 3 nitrogen and oxygen atoms in total. The lowest BCUT2D eigenvalue weighted by atomic mass is 9.93. The maximum atomic E-state index is 5.70. The highest BCUT2D eigenvalue weighted by atomic mass is 16.5. The van der Waals surface area contributed by atoms with Gasteiger partial charge in [-0.25, -0.2) is 0 Å². The van der Waals surface area contributed by atoms with E-state index in [0.717, 1.165) is 31.0 Å².